The summed E-state index contributed by atoms with van der Waals surface area (Å²) < 4.78 is 0. The molecule has 60 valence electrons. The average molecular weight is 160 g/mol. The summed E-state index contributed by atoms with van der Waals surface area (Å²) in [6, 6.07) is 7.45. The van der Waals surface area contributed by atoms with Crippen molar-refractivity contribution in [2.24, 2.45) is 0 Å². The minimum absolute atomic E-state index is 0.441. The number of aliphatic hydroxyl groups is 1. The van der Waals surface area contributed by atoms with E-state index in [9.17, 15) is 9.90 Å². The van der Waals surface area contributed by atoms with E-state index in [0.29, 0.717) is 11.9 Å². The van der Waals surface area contributed by atoms with Crippen LogP contribution >= 0.6 is 0 Å². The van der Waals surface area contributed by atoms with Crippen LogP contribution in [0, 0.1) is 0 Å². The molecule has 2 heteroatoms. The molecule has 0 heterocycles. The molecule has 2 rings (SSSR count). The lowest BCUT2D eigenvalue weighted by molar-refractivity contribution is -0.105. The number of hydrogen-bond acceptors (Lipinski definition) is 2. The van der Waals surface area contributed by atoms with Gasteiger partial charge in [-0.2, -0.15) is 0 Å². The molecule has 0 saturated heterocycles. The Kier molecular flexibility index (Phi) is 1.55. The zero-order chi connectivity index (χ0) is 8.55. The first-order chi connectivity index (χ1) is 5.83. The lowest BCUT2D eigenvalue weighted by Gasteiger charge is -2.03. The Balaban J connectivity index is 2.54. The fourth-order valence-corrected chi connectivity index (χ4v) is 1.43. The second-order valence-electron chi connectivity index (χ2n) is 2.79. The maximum absolute atomic E-state index is 10.5. The predicted molar refractivity (Wildman–Crippen MR) is 45.4 cm³/mol. The molecule has 1 N–H and O–H groups in total. The van der Waals surface area contributed by atoms with E-state index in [1.807, 2.05) is 24.3 Å². The highest BCUT2D eigenvalue weighted by Gasteiger charge is 2.21. The van der Waals surface area contributed by atoms with E-state index < -0.39 is 6.10 Å². The number of benzene rings is 1. The molecule has 0 bridgehead atoms. The van der Waals surface area contributed by atoms with Gasteiger partial charge in [-0.3, -0.25) is 4.79 Å². The number of carbonyl (C=O) groups is 1. The average Bonchev–Trinajstić information content (AvgIpc) is 2.44. The van der Waals surface area contributed by atoms with Crippen molar-refractivity contribution < 1.29 is 9.90 Å². The maximum atomic E-state index is 10.5. The molecule has 0 amide bonds. The number of aldehydes is 1. The number of hydrogen-bond donors (Lipinski definition) is 1. The van der Waals surface area contributed by atoms with E-state index >= 15 is 0 Å². The van der Waals surface area contributed by atoms with Crippen LogP contribution in [0.3, 0.4) is 0 Å². The van der Waals surface area contributed by atoms with E-state index in [-0.39, 0.29) is 0 Å². The number of aliphatic hydroxyl groups excluding tert-OH is 1. The summed E-state index contributed by atoms with van der Waals surface area (Å²) in [7, 11) is 0. The van der Waals surface area contributed by atoms with E-state index in [4.69, 9.17) is 0 Å². The van der Waals surface area contributed by atoms with Crippen molar-refractivity contribution in [3.8, 4) is 0 Å². The van der Waals surface area contributed by atoms with Crippen molar-refractivity contribution in [1.29, 1.82) is 0 Å². The molecule has 1 atom stereocenters. The van der Waals surface area contributed by atoms with Gasteiger partial charge in [0.1, 0.15) is 12.4 Å². The van der Waals surface area contributed by atoms with Gasteiger partial charge >= 0.3 is 0 Å². The highest BCUT2D eigenvalue weighted by Crippen LogP contribution is 2.32. The van der Waals surface area contributed by atoms with Crippen LogP contribution in [0.25, 0.3) is 6.08 Å². The van der Waals surface area contributed by atoms with E-state index in [1.165, 1.54) is 0 Å². The Morgan fingerprint density at radius 2 is 2.08 bits per heavy atom. The summed E-state index contributed by atoms with van der Waals surface area (Å²) in [4.78, 5) is 10.5. The van der Waals surface area contributed by atoms with Crippen molar-refractivity contribution in [2.75, 3.05) is 0 Å². The Morgan fingerprint density at radius 1 is 1.33 bits per heavy atom. The van der Waals surface area contributed by atoms with Gasteiger partial charge in [0.2, 0.25) is 0 Å². The fraction of sp³-hybridized carbons (Fsp3) is 0.100. The van der Waals surface area contributed by atoms with Crippen molar-refractivity contribution in [3.05, 3.63) is 41.0 Å². The second-order valence-corrected chi connectivity index (χ2v) is 2.79. The third-order valence-corrected chi connectivity index (χ3v) is 2.06. The minimum atomic E-state index is -0.723. The molecule has 0 spiro atoms. The van der Waals surface area contributed by atoms with Crippen molar-refractivity contribution >= 4 is 12.4 Å². The standard InChI is InChI=1S/C10H8O2/c11-6-8-5-7-3-1-2-4-9(7)10(8)12/h1-6,10,12H. The first-order valence-electron chi connectivity index (χ1n) is 3.76. The van der Waals surface area contributed by atoms with Crippen LogP contribution in [0.5, 0.6) is 0 Å². The molecule has 1 aliphatic rings. The monoisotopic (exact) mass is 160 g/mol. The Hall–Kier alpha value is -1.41. The molecule has 0 fully saturated rings. The Bertz CT molecular complexity index is 353. The van der Waals surface area contributed by atoms with Gasteiger partial charge in [0.25, 0.3) is 0 Å². The van der Waals surface area contributed by atoms with Crippen LogP contribution in [-0.2, 0) is 4.79 Å². The van der Waals surface area contributed by atoms with Gasteiger partial charge in [-0.15, -0.1) is 0 Å². The highest BCUT2D eigenvalue weighted by molar-refractivity contribution is 5.87. The van der Waals surface area contributed by atoms with E-state index in [1.54, 1.807) is 6.08 Å². The number of rotatable bonds is 1. The van der Waals surface area contributed by atoms with Crippen LogP contribution in [0.4, 0.5) is 0 Å². The second kappa shape index (κ2) is 2.57. The zero-order valence-corrected chi connectivity index (χ0v) is 6.40. The Morgan fingerprint density at radius 3 is 2.75 bits per heavy atom. The lowest BCUT2D eigenvalue weighted by Crippen LogP contribution is -1.96. The van der Waals surface area contributed by atoms with Gasteiger partial charge in [0, 0.05) is 5.57 Å². The first kappa shape index (κ1) is 7.25. The molecule has 1 unspecified atom stereocenters. The van der Waals surface area contributed by atoms with Crippen molar-refractivity contribution in [3.63, 3.8) is 0 Å². The molecule has 1 aromatic rings. The molecule has 1 aromatic carbocycles. The molecule has 2 nitrogen and oxygen atoms in total. The quantitative estimate of drug-likeness (QED) is 0.629. The van der Waals surface area contributed by atoms with E-state index in [0.717, 1.165) is 11.1 Å². The molecule has 0 aromatic heterocycles. The summed E-state index contributed by atoms with van der Waals surface area (Å²) in [6.45, 7) is 0. The smallest absolute Gasteiger partial charge is 0.149 e. The number of fused-ring (bicyclic) bond motifs is 1. The molecular formula is C10H8O2. The third-order valence-electron chi connectivity index (χ3n) is 2.06. The van der Waals surface area contributed by atoms with Gasteiger partial charge in [-0.25, -0.2) is 0 Å². The molecule has 0 radical (unpaired) electrons. The Labute approximate surface area is 70.2 Å². The predicted octanol–water partition coefficient (Wildman–Crippen LogP) is 1.32. The summed E-state index contributed by atoms with van der Waals surface area (Å²) >= 11 is 0. The van der Waals surface area contributed by atoms with Crippen LogP contribution in [0.2, 0.25) is 0 Å². The maximum Gasteiger partial charge on any atom is 0.149 e. The summed E-state index contributed by atoms with van der Waals surface area (Å²) in [5.41, 5.74) is 2.20. The highest BCUT2D eigenvalue weighted by atomic mass is 16.3. The third kappa shape index (κ3) is 0.889. The van der Waals surface area contributed by atoms with Gasteiger partial charge in [-0.05, 0) is 17.2 Å². The topological polar surface area (TPSA) is 37.3 Å². The molecule has 1 aliphatic carbocycles. The van der Waals surface area contributed by atoms with Crippen LogP contribution in [0.15, 0.2) is 29.8 Å². The lowest BCUT2D eigenvalue weighted by atomic mass is 10.1. The SMILES string of the molecule is O=CC1=Cc2ccccc2C1O. The molecular weight excluding hydrogens is 152 g/mol. The zero-order valence-electron chi connectivity index (χ0n) is 6.40. The summed E-state index contributed by atoms with van der Waals surface area (Å²) in [6.07, 6.45) is 1.69. The number of carbonyl (C=O) groups excluding carboxylic acids is 1. The molecule has 0 aliphatic heterocycles. The first-order valence-corrected chi connectivity index (χ1v) is 3.76. The fourth-order valence-electron chi connectivity index (χ4n) is 1.43. The molecule has 12 heavy (non-hydrogen) atoms. The summed E-state index contributed by atoms with van der Waals surface area (Å²) in [5.74, 6) is 0. The van der Waals surface area contributed by atoms with Gasteiger partial charge < -0.3 is 5.11 Å². The minimum Gasteiger partial charge on any atom is -0.384 e. The van der Waals surface area contributed by atoms with Crippen molar-refractivity contribution in [1.82, 2.24) is 0 Å². The van der Waals surface area contributed by atoms with E-state index in [2.05, 4.69) is 0 Å². The summed E-state index contributed by atoms with van der Waals surface area (Å²) in [5, 5.41) is 9.54. The van der Waals surface area contributed by atoms with Gasteiger partial charge in [0.15, 0.2) is 0 Å². The largest absolute Gasteiger partial charge is 0.384 e. The van der Waals surface area contributed by atoms with Crippen LogP contribution in [0.1, 0.15) is 17.2 Å². The van der Waals surface area contributed by atoms with Gasteiger partial charge in [-0.1, -0.05) is 24.3 Å². The molecule has 0 saturated carbocycles. The van der Waals surface area contributed by atoms with Gasteiger partial charge in [0.05, 0.1) is 0 Å². The van der Waals surface area contributed by atoms with Crippen LogP contribution < -0.4 is 0 Å². The normalized spacial score (nSPS) is 20.1. The van der Waals surface area contributed by atoms with Crippen LogP contribution in [-0.4, -0.2) is 11.4 Å². The van der Waals surface area contributed by atoms with Crippen molar-refractivity contribution in [2.45, 2.75) is 6.10 Å².